The van der Waals surface area contributed by atoms with Crippen LogP contribution in [0.15, 0.2) is 48.7 Å². The number of rotatable bonds is 5. The molecule has 0 bridgehead atoms. The van der Waals surface area contributed by atoms with Gasteiger partial charge < -0.3 is 14.5 Å². The lowest BCUT2D eigenvalue weighted by molar-refractivity contribution is -0.387. The number of halogens is 4. The summed E-state index contributed by atoms with van der Waals surface area (Å²) in [5.74, 6) is 0.438. The summed E-state index contributed by atoms with van der Waals surface area (Å²) in [6.45, 7) is 1.58. The third-order valence-corrected chi connectivity index (χ3v) is 5.71. The van der Waals surface area contributed by atoms with Crippen LogP contribution in [0.2, 0.25) is 5.02 Å². The minimum atomic E-state index is -4.94. The molecule has 1 fully saturated rings. The first kappa shape index (κ1) is 23.6. The predicted octanol–water partition coefficient (Wildman–Crippen LogP) is 4.54. The Morgan fingerprint density at radius 3 is 2.44 bits per heavy atom. The summed E-state index contributed by atoms with van der Waals surface area (Å²) in [4.78, 5) is 30.5. The number of anilines is 1. The van der Waals surface area contributed by atoms with E-state index in [1.807, 2.05) is 4.90 Å². The van der Waals surface area contributed by atoms with Crippen molar-refractivity contribution in [3.63, 3.8) is 0 Å². The Balaban J connectivity index is 1.44. The molecule has 0 spiro atoms. The standard InChI is InChI=1S/C22H18ClF3N4O4/c23-15-3-6-19(27-12-15)28-7-9-29(10-8-28)20(31)13-34-16-4-1-14-2-5-18(30(32)33)21(17(14)11-16)22(24,25)26/h1-6,11-12H,7-10,13H2. The molecule has 0 aliphatic carbocycles. The van der Waals surface area contributed by atoms with Gasteiger partial charge in [-0.3, -0.25) is 14.9 Å². The highest BCUT2D eigenvalue weighted by Gasteiger charge is 2.40. The fraction of sp³-hybridized carbons (Fsp3) is 0.273. The molecule has 1 saturated heterocycles. The maximum absolute atomic E-state index is 13.6. The second-order valence-corrected chi connectivity index (χ2v) is 8.03. The zero-order chi connectivity index (χ0) is 24.5. The molecule has 0 saturated carbocycles. The van der Waals surface area contributed by atoms with Crippen LogP contribution in [0.3, 0.4) is 0 Å². The van der Waals surface area contributed by atoms with Crippen LogP contribution in [0.1, 0.15) is 5.56 Å². The molecule has 34 heavy (non-hydrogen) atoms. The van der Waals surface area contributed by atoms with E-state index in [-0.39, 0.29) is 29.0 Å². The Bertz CT molecular complexity index is 1230. The van der Waals surface area contributed by atoms with Crippen LogP contribution in [0.4, 0.5) is 24.7 Å². The highest BCUT2D eigenvalue weighted by atomic mass is 35.5. The summed E-state index contributed by atoms with van der Waals surface area (Å²) in [7, 11) is 0. The normalized spacial score (nSPS) is 14.4. The van der Waals surface area contributed by atoms with Gasteiger partial charge in [-0.15, -0.1) is 0 Å². The topological polar surface area (TPSA) is 88.8 Å². The van der Waals surface area contributed by atoms with Crippen molar-refractivity contribution < 1.29 is 27.6 Å². The van der Waals surface area contributed by atoms with E-state index in [0.717, 1.165) is 18.0 Å². The molecule has 3 aromatic rings. The number of pyridine rings is 1. The van der Waals surface area contributed by atoms with E-state index >= 15 is 0 Å². The summed E-state index contributed by atoms with van der Waals surface area (Å²) in [5, 5.41) is 11.5. The van der Waals surface area contributed by atoms with Gasteiger partial charge in [0, 0.05) is 43.8 Å². The first-order valence-corrected chi connectivity index (χ1v) is 10.6. The van der Waals surface area contributed by atoms with Gasteiger partial charge in [0.05, 0.1) is 9.95 Å². The number of piperazine rings is 1. The Morgan fingerprint density at radius 2 is 1.82 bits per heavy atom. The zero-order valence-electron chi connectivity index (χ0n) is 17.6. The van der Waals surface area contributed by atoms with E-state index in [1.54, 1.807) is 23.2 Å². The Hall–Kier alpha value is -3.60. The maximum Gasteiger partial charge on any atom is 0.423 e. The van der Waals surface area contributed by atoms with Crippen LogP contribution in [0.25, 0.3) is 10.8 Å². The monoisotopic (exact) mass is 494 g/mol. The van der Waals surface area contributed by atoms with Gasteiger partial charge >= 0.3 is 6.18 Å². The minimum absolute atomic E-state index is 0.0100. The summed E-state index contributed by atoms with van der Waals surface area (Å²) in [6, 6.07) is 9.46. The second kappa shape index (κ2) is 9.34. The summed E-state index contributed by atoms with van der Waals surface area (Å²) < 4.78 is 46.2. The van der Waals surface area contributed by atoms with Crippen LogP contribution < -0.4 is 9.64 Å². The van der Waals surface area contributed by atoms with Crippen LogP contribution in [-0.4, -0.2) is 53.5 Å². The SMILES string of the molecule is O=C(COc1ccc2ccc([N+](=O)[O-])c(C(F)(F)F)c2c1)N1CCN(c2ccc(Cl)cn2)CC1. The van der Waals surface area contributed by atoms with Gasteiger partial charge in [-0.2, -0.15) is 13.2 Å². The quantitative estimate of drug-likeness (QED) is 0.382. The number of amides is 1. The molecule has 0 radical (unpaired) electrons. The number of carbonyl (C=O) groups excluding carboxylic acids is 1. The van der Waals surface area contributed by atoms with E-state index in [2.05, 4.69) is 4.98 Å². The fourth-order valence-corrected chi connectivity index (χ4v) is 3.92. The average molecular weight is 495 g/mol. The second-order valence-electron chi connectivity index (χ2n) is 7.59. The van der Waals surface area contributed by atoms with Gasteiger partial charge in [0.25, 0.3) is 11.6 Å². The first-order chi connectivity index (χ1) is 16.1. The van der Waals surface area contributed by atoms with E-state index in [9.17, 15) is 28.1 Å². The van der Waals surface area contributed by atoms with E-state index in [1.165, 1.54) is 18.2 Å². The number of hydrogen-bond acceptors (Lipinski definition) is 6. The molecule has 1 aliphatic heterocycles. The Morgan fingerprint density at radius 1 is 1.12 bits per heavy atom. The van der Waals surface area contributed by atoms with E-state index < -0.39 is 22.4 Å². The molecule has 0 atom stereocenters. The van der Waals surface area contributed by atoms with Crippen LogP contribution in [0, 0.1) is 10.1 Å². The van der Waals surface area contributed by atoms with Crippen molar-refractivity contribution in [2.24, 2.45) is 0 Å². The average Bonchev–Trinajstić information content (AvgIpc) is 2.81. The number of aromatic nitrogens is 1. The molecule has 2 aromatic carbocycles. The number of nitro benzene ring substituents is 1. The molecule has 12 heteroatoms. The molecule has 2 heterocycles. The van der Waals surface area contributed by atoms with Crippen LogP contribution >= 0.6 is 11.6 Å². The van der Waals surface area contributed by atoms with Crippen molar-refractivity contribution in [2.75, 3.05) is 37.7 Å². The molecule has 1 amide bonds. The smallest absolute Gasteiger partial charge is 0.423 e. The van der Waals surface area contributed by atoms with Gasteiger partial charge in [-0.05, 0) is 35.7 Å². The minimum Gasteiger partial charge on any atom is -0.484 e. The summed E-state index contributed by atoms with van der Waals surface area (Å²) in [5.41, 5.74) is -2.39. The number of nitro groups is 1. The lowest BCUT2D eigenvalue weighted by Gasteiger charge is -2.35. The van der Waals surface area contributed by atoms with E-state index in [0.29, 0.717) is 31.2 Å². The molecular weight excluding hydrogens is 477 g/mol. The number of carbonyl (C=O) groups is 1. The Labute approximate surface area is 196 Å². The van der Waals surface area contributed by atoms with Crippen molar-refractivity contribution >= 4 is 39.8 Å². The van der Waals surface area contributed by atoms with Crippen LogP contribution in [0.5, 0.6) is 5.75 Å². The molecule has 0 N–H and O–H groups in total. The molecular formula is C22H18ClF3N4O4. The third kappa shape index (κ3) is 4.98. The maximum atomic E-state index is 13.6. The fourth-order valence-electron chi connectivity index (χ4n) is 3.80. The molecule has 178 valence electrons. The lowest BCUT2D eigenvalue weighted by Crippen LogP contribution is -2.50. The lowest BCUT2D eigenvalue weighted by atomic mass is 10.0. The predicted molar refractivity (Wildman–Crippen MR) is 119 cm³/mol. The van der Waals surface area contributed by atoms with Crippen molar-refractivity contribution in [1.82, 2.24) is 9.88 Å². The number of nitrogens with zero attached hydrogens (tertiary/aromatic N) is 4. The van der Waals surface area contributed by atoms with Crippen molar-refractivity contribution in [2.45, 2.75) is 6.18 Å². The molecule has 1 aliphatic rings. The number of ether oxygens (including phenoxy) is 1. The molecule has 8 nitrogen and oxygen atoms in total. The van der Waals surface area contributed by atoms with Crippen molar-refractivity contribution in [3.05, 3.63) is 69.4 Å². The summed E-state index contributed by atoms with van der Waals surface area (Å²) >= 11 is 5.85. The van der Waals surface area contributed by atoms with Gasteiger partial charge in [0.15, 0.2) is 6.61 Å². The first-order valence-electron chi connectivity index (χ1n) is 10.2. The highest BCUT2D eigenvalue weighted by Crippen LogP contribution is 2.41. The van der Waals surface area contributed by atoms with Gasteiger partial charge in [-0.1, -0.05) is 17.7 Å². The van der Waals surface area contributed by atoms with Crippen molar-refractivity contribution in [3.8, 4) is 5.75 Å². The number of benzene rings is 2. The van der Waals surface area contributed by atoms with Crippen LogP contribution in [-0.2, 0) is 11.0 Å². The van der Waals surface area contributed by atoms with Gasteiger partial charge in [0.2, 0.25) is 0 Å². The van der Waals surface area contributed by atoms with Crippen molar-refractivity contribution in [1.29, 1.82) is 0 Å². The third-order valence-electron chi connectivity index (χ3n) is 5.48. The number of fused-ring (bicyclic) bond motifs is 1. The Kier molecular flexibility index (Phi) is 6.47. The highest BCUT2D eigenvalue weighted by molar-refractivity contribution is 6.30. The van der Waals surface area contributed by atoms with E-state index in [4.69, 9.17) is 16.3 Å². The number of alkyl halides is 3. The summed E-state index contributed by atoms with van der Waals surface area (Å²) in [6.07, 6.45) is -3.39. The zero-order valence-corrected chi connectivity index (χ0v) is 18.3. The van der Waals surface area contributed by atoms with Gasteiger partial charge in [0.1, 0.15) is 17.1 Å². The largest absolute Gasteiger partial charge is 0.484 e. The number of hydrogen-bond donors (Lipinski definition) is 0. The molecule has 0 unspecified atom stereocenters. The molecule has 1 aromatic heterocycles. The van der Waals surface area contributed by atoms with Gasteiger partial charge in [-0.25, -0.2) is 4.98 Å². The molecule has 4 rings (SSSR count).